The predicted molar refractivity (Wildman–Crippen MR) is 118 cm³/mol. The van der Waals surface area contributed by atoms with Crippen molar-refractivity contribution in [1.82, 2.24) is 4.31 Å². The molecule has 1 aliphatic heterocycles. The summed E-state index contributed by atoms with van der Waals surface area (Å²) in [4.78, 5) is 12.4. The zero-order valence-electron chi connectivity index (χ0n) is 18.2. The van der Waals surface area contributed by atoms with E-state index in [4.69, 9.17) is 14.2 Å². The Morgan fingerprint density at radius 3 is 2.42 bits per heavy atom. The molecule has 31 heavy (non-hydrogen) atoms. The number of nitrogens with zero attached hydrogens (tertiary/aromatic N) is 1. The molecule has 0 saturated carbocycles. The van der Waals surface area contributed by atoms with Crippen molar-refractivity contribution in [2.24, 2.45) is 0 Å². The standard InChI is InChI=1S/C23H27NO6S/c1-16-5-6-17(2)23(18(16)3)30-22(25)10-8-19-7-9-20(28-4)21(15-19)31(26,27)24-11-13-29-14-12-24/h5-10,15H,11-14H2,1-4H3/b10-8+. The van der Waals surface area contributed by atoms with Crippen LogP contribution in [0.25, 0.3) is 6.08 Å². The van der Waals surface area contributed by atoms with Crippen molar-refractivity contribution < 1.29 is 27.4 Å². The molecule has 1 fully saturated rings. The van der Waals surface area contributed by atoms with Gasteiger partial charge in [0.2, 0.25) is 10.0 Å². The van der Waals surface area contributed by atoms with Gasteiger partial charge in [-0.2, -0.15) is 4.31 Å². The highest BCUT2D eigenvalue weighted by atomic mass is 32.2. The fourth-order valence-corrected chi connectivity index (χ4v) is 4.90. The van der Waals surface area contributed by atoms with Crippen LogP contribution in [0.15, 0.2) is 41.3 Å². The second-order valence-electron chi connectivity index (χ2n) is 7.33. The van der Waals surface area contributed by atoms with Crippen molar-refractivity contribution in [2.75, 3.05) is 33.4 Å². The summed E-state index contributed by atoms with van der Waals surface area (Å²) in [6.45, 7) is 7.01. The Hall–Kier alpha value is -2.68. The van der Waals surface area contributed by atoms with Crippen molar-refractivity contribution in [3.05, 3.63) is 58.7 Å². The third-order valence-corrected chi connectivity index (χ3v) is 7.18. The van der Waals surface area contributed by atoms with Gasteiger partial charge in [0.15, 0.2) is 0 Å². The predicted octanol–water partition coefficient (Wildman–Crippen LogP) is 3.26. The van der Waals surface area contributed by atoms with Crippen LogP contribution in [0.3, 0.4) is 0 Å². The van der Waals surface area contributed by atoms with Crippen LogP contribution in [0.2, 0.25) is 0 Å². The van der Waals surface area contributed by atoms with Gasteiger partial charge in [0.05, 0.1) is 20.3 Å². The third kappa shape index (κ3) is 5.15. The molecule has 0 bridgehead atoms. The maximum absolute atomic E-state index is 13.1. The molecule has 2 aromatic carbocycles. The number of hydrogen-bond donors (Lipinski definition) is 0. The average molecular weight is 446 g/mol. The number of carbonyl (C=O) groups excluding carboxylic acids is 1. The van der Waals surface area contributed by atoms with E-state index in [0.717, 1.165) is 16.7 Å². The molecule has 7 nitrogen and oxygen atoms in total. The van der Waals surface area contributed by atoms with Crippen LogP contribution in [0.5, 0.6) is 11.5 Å². The fraction of sp³-hybridized carbons (Fsp3) is 0.348. The number of carbonyl (C=O) groups is 1. The molecule has 3 rings (SSSR count). The number of sulfonamides is 1. The fourth-order valence-electron chi connectivity index (χ4n) is 3.31. The highest BCUT2D eigenvalue weighted by molar-refractivity contribution is 7.89. The Kier molecular flexibility index (Phi) is 7.15. The lowest BCUT2D eigenvalue weighted by Crippen LogP contribution is -2.40. The number of ether oxygens (including phenoxy) is 3. The van der Waals surface area contributed by atoms with Gasteiger partial charge in [-0.25, -0.2) is 13.2 Å². The second-order valence-corrected chi connectivity index (χ2v) is 9.24. The Balaban J connectivity index is 1.84. The van der Waals surface area contributed by atoms with E-state index >= 15 is 0 Å². The van der Waals surface area contributed by atoms with Crippen molar-refractivity contribution in [2.45, 2.75) is 25.7 Å². The summed E-state index contributed by atoms with van der Waals surface area (Å²) in [7, 11) is -2.33. The van der Waals surface area contributed by atoms with Gasteiger partial charge in [0.1, 0.15) is 16.4 Å². The van der Waals surface area contributed by atoms with Crippen LogP contribution in [-0.4, -0.2) is 52.1 Å². The molecule has 0 atom stereocenters. The first-order chi connectivity index (χ1) is 14.7. The number of morpholine rings is 1. The van der Waals surface area contributed by atoms with Crippen LogP contribution in [-0.2, 0) is 19.6 Å². The molecular weight excluding hydrogens is 418 g/mol. The molecule has 1 aliphatic rings. The van der Waals surface area contributed by atoms with Crippen LogP contribution in [0.4, 0.5) is 0 Å². The molecule has 0 spiro atoms. The molecule has 2 aromatic rings. The van der Waals surface area contributed by atoms with Crippen LogP contribution in [0.1, 0.15) is 22.3 Å². The number of hydrogen-bond acceptors (Lipinski definition) is 6. The second kappa shape index (κ2) is 9.64. The number of benzene rings is 2. The molecule has 0 amide bonds. The van der Waals surface area contributed by atoms with Gasteiger partial charge >= 0.3 is 5.97 Å². The van der Waals surface area contributed by atoms with Gasteiger partial charge in [-0.3, -0.25) is 0 Å². The monoisotopic (exact) mass is 445 g/mol. The average Bonchev–Trinajstić information content (AvgIpc) is 2.78. The summed E-state index contributed by atoms with van der Waals surface area (Å²) in [5, 5.41) is 0. The van der Waals surface area contributed by atoms with Gasteiger partial charge in [0, 0.05) is 19.2 Å². The van der Waals surface area contributed by atoms with Crippen molar-refractivity contribution in [1.29, 1.82) is 0 Å². The largest absolute Gasteiger partial charge is 0.495 e. The Labute approximate surface area is 183 Å². The van der Waals surface area contributed by atoms with Crippen molar-refractivity contribution in [3.63, 3.8) is 0 Å². The minimum atomic E-state index is -3.75. The van der Waals surface area contributed by atoms with E-state index in [-0.39, 0.29) is 23.7 Å². The van der Waals surface area contributed by atoms with E-state index in [1.807, 2.05) is 32.9 Å². The first-order valence-electron chi connectivity index (χ1n) is 9.96. The molecule has 1 heterocycles. The summed E-state index contributed by atoms with van der Waals surface area (Å²) in [6, 6.07) is 8.64. The molecule has 1 saturated heterocycles. The lowest BCUT2D eigenvalue weighted by molar-refractivity contribution is -0.129. The maximum atomic E-state index is 13.1. The van der Waals surface area contributed by atoms with Gasteiger partial charge in [-0.05, 0) is 61.2 Å². The van der Waals surface area contributed by atoms with E-state index < -0.39 is 16.0 Å². The zero-order valence-corrected chi connectivity index (χ0v) is 19.0. The summed E-state index contributed by atoms with van der Waals surface area (Å²) < 4.78 is 43.6. The van der Waals surface area contributed by atoms with Crippen LogP contribution >= 0.6 is 0 Å². The Morgan fingerprint density at radius 2 is 1.74 bits per heavy atom. The minimum Gasteiger partial charge on any atom is -0.495 e. The van der Waals surface area contributed by atoms with E-state index in [0.29, 0.717) is 24.5 Å². The van der Waals surface area contributed by atoms with Gasteiger partial charge in [-0.15, -0.1) is 0 Å². The minimum absolute atomic E-state index is 0.0535. The third-order valence-electron chi connectivity index (χ3n) is 5.26. The summed E-state index contributed by atoms with van der Waals surface area (Å²) >= 11 is 0. The van der Waals surface area contributed by atoms with E-state index in [9.17, 15) is 13.2 Å². The normalized spacial score (nSPS) is 15.2. The first kappa shape index (κ1) is 23.0. The van der Waals surface area contributed by atoms with E-state index in [1.54, 1.807) is 12.1 Å². The van der Waals surface area contributed by atoms with Crippen LogP contribution < -0.4 is 9.47 Å². The highest BCUT2D eigenvalue weighted by Gasteiger charge is 2.29. The molecule has 0 N–H and O–H groups in total. The Morgan fingerprint density at radius 1 is 1.06 bits per heavy atom. The zero-order chi connectivity index (χ0) is 22.6. The van der Waals surface area contributed by atoms with Gasteiger partial charge in [-0.1, -0.05) is 18.2 Å². The molecule has 0 aromatic heterocycles. The lowest BCUT2D eigenvalue weighted by atomic mass is 10.1. The SMILES string of the molecule is COc1ccc(/C=C/C(=O)Oc2c(C)ccc(C)c2C)cc1S(=O)(=O)N1CCOCC1. The number of esters is 1. The van der Waals surface area contributed by atoms with Gasteiger partial charge < -0.3 is 14.2 Å². The van der Waals surface area contributed by atoms with E-state index in [1.165, 1.54) is 29.6 Å². The number of aryl methyl sites for hydroxylation is 2. The van der Waals surface area contributed by atoms with Crippen LogP contribution in [0, 0.1) is 20.8 Å². The summed E-state index contributed by atoms with van der Waals surface area (Å²) in [6.07, 6.45) is 2.81. The summed E-state index contributed by atoms with van der Waals surface area (Å²) in [5.74, 6) is 0.252. The highest BCUT2D eigenvalue weighted by Crippen LogP contribution is 2.29. The smallest absolute Gasteiger partial charge is 0.336 e. The molecule has 166 valence electrons. The quantitative estimate of drug-likeness (QED) is 0.386. The topological polar surface area (TPSA) is 82.1 Å². The van der Waals surface area contributed by atoms with Gasteiger partial charge in [0.25, 0.3) is 0 Å². The van der Waals surface area contributed by atoms with Crippen molar-refractivity contribution in [3.8, 4) is 11.5 Å². The molecule has 0 unspecified atom stereocenters. The molecule has 8 heteroatoms. The van der Waals surface area contributed by atoms with E-state index in [2.05, 4.69) is 0 Å². The molecule has 0 aliphatic carbocycles. The lowest BCUT2D eigenvalue weighted by Gasteiger charge is -2.26. The Bertz CT molecular complexity index is 1100. The van der Waals surface area contributed by atoms with Crippen molar-refractivity contribution >= 4 is 22.1 Å². The maximum Gasteiger partial charge on any atom is 0.336 e. The summed E-state index contributed by atoms with van der Waals surface area (Å²) in [5.41, 5.74) is 3.35. The first-order valence-corrected chi connectivity index (χ1v) is 11.4. The number of methoxy groups -OCH3 is 1. The molecule has 0 radical (unpaired) electrons. The number of rotatable bonds is 6. The molecular formula is C23H27NO6S.